The van der Waals surface area contributed by atoms with E-state index >= 15 is 0 Å². The number of hydrogen-bond donors (Lipinski definition) is 2. The number of hydrogen-bond acceptors (Lipinski definition) is 6. The monoisotopic (exact) mass is 411 g/mol. The lowest BCUT2D eigenvalue weighted by molar-refractivity contribution is 0.102. The predicted octanol–water partition coefficient (Wildman–Crippen LogP) is 3.48. The van der Waals surface area contributed by atoms with Gasteiger partial charge in [-0.2, -0.15) is 0 Å². The van der Waals surface area contributed by atoms with Gasteiger partial charge < -0.3 is 20.7 Å². The molecule has 1 fully saturated rings. The Hall–Kier alpha value is -3.75. The van der Waals surface area contributed by atoms with Crippen LogP contribution in [0.4, 0.5) is 25.8 Å². The van der Waals surface area contributed by atoms with E-state index in [4.69, 9.17) is 10.5 Å². The van der Waals surface area contributed by atoms with Crippen LogP contribution >= 0.6 is 0 Å². The van der Waals surface area contributed by atoms with Crippen molar-refractivity contribution < 1.29 is 18.3 Å². The minimum absolute atomic E-state index is 0.00937. The second-order valence-corrected chi connectivity index (χ2v) is 6.77. The Morgan fingerprint density at radius 2 is 2.00 bits per heavy atom. The second kappa shape index (κ2) is 7.94. The van der Waals surface area contributed by atoms with Crippen LogP contribution in [0.2, 0.25) is 0 Å². The molecule has 0 atom stereocenters. The van der Waals surface area contributed by atoms with Gasteiger partial charge in [-0.1, -0.05) is 6.07 Å². The maximum Gasteiger partial charge on any atom is 0.274 e. The first-order chi connectivity index (χ1) is 14.5. The van der Waals surface area contributed by atoms with Crippen LogP contribution in [0.25, 0.3) is 11.4 Å². The lowest BCUT2D eigenvalue weighted by Crippen LogP contribution is -2.37. The van der Waals surface area contributed by atoms with E-state index in [1.807, 2.05) is 4.90 Å². The molecule has 0 saturated carbocycles. The van der Waals surface area contributed by atoms with Crippen molar-refractivity contribution in [3.63, 3.8) is 0 Å². The molecule has 2 aromatic carbocycles. The van der Waals surface area contributed by atoms with Crippen molar-refractivity contribution in [1.29, 1.82) is 0 Å². The van der Waals surface area contributed by atoms with Gasteiger partial charge in [0.15, 0.2) is 5.82 Å². The maximum atomic E-state index is 14.4. The second-order valence-electron chi connectivity index (χ2n) is 6.77. The highest BCUT2D eigenvalue weighted by Gasteiger charge is 2.21. The molecule has 3 N–H and O–H groups in total. The fourth-order valence-corrected chi connectivity index (χ4v) is 3.17. The molecule has 1 saturated heterocycles. The van der Waals surface area contributed by atoms with Gasteiger partial charge >= 0.3 is 0 Å². The molecule has 0 aliphatic carbocycles. The summed E-state index contributed by atoms with van der Waals surface area (Å²) in [5.41, 5.74) is 6.79. The summed E-state index contributed by atoms with van der Waals surface area (Å²) in [5, 5.41) is 2.55. The van der Waals surface area contributed by atoms with Gasteiger partial charge in [-0.15, -0.1) is 0 Å². The van der Waals surface area contributed by atoms with Crippen LogP contribution < -0.4 is 20.7 Å². The summed E-state index contributed by atoms with van der Waals surface area (Å²) in [4.78, 5) is 22.7. The summed E-state index contributed by atoms with van der Waals surface area (Å²) >= 11 is 0. The third-order valence-electron chi connectivity index (χ3n) is 4.87. The van der Waals surface area contributed by atoms with Crippen LogP contribution in [0.15, 0.2) is 42.6 Å². The van der Waals surface area contributed by atoms with E-state index in [2.05, 4.69) is 15.3 Å². The largest absolute Gasteiger partial charge is 0.496 e. The number of nitrogens with two attached hydrogens (primary N) is 1. The quantitative estimate of drug-likeness (QED) is 0.625. The Bertz CT molecular complexity index is 1120. The van der Waals surface area contributed by atoms with E-state index in [1.165, 1.54) is 43.6 Å². The van der Waals surface area contributed by atoms with E-state index in [0.717, 1.165) is 19.5 Å². The number of nitrogens with zero attached hydrogens (tertiary/aromatic N) is 3. The third-order valence-corrected chi connectivity index (χ3v) is 4.87. The highest BCUT2D eigenvalue weighted by molar-refractivity contribution is 6.04. The standard InChI is InChI=1S/C21H19F2N5O2/c1-30-18-5-2-4-12(22)19(18)20-25-7-6-15(26-20)21(29)27-16-10-13(23)17(11-14(16)24)28-8-3-9-28/h2,4-7,10-11H,3,8-9,24H2,1H3,(H,27,29). The average Bonchev–Trinajstić information content (AvgIpc) is 2.70. The Morgan fingerprint density at radius 1 is 1.20 bits per heavy atom. The average molecular weight is 411 g/mol. The van der Waals surface area contributed by atoms with E-state index in [-0.39, 0.29) is 34.2 Å². The number of benzene rings is 2. The molecular formula is C21H19F2N5O2. The molecule has 1 aromatic heterocycles. The Labute approximate surface area is 171 Å². The smallest absolute Gasteiger partial charge is 0.274 e. The number of nitrogens with one attached hydrogen (secondary N) is 1. The van der Waals surface area contributed by atoms with Crippen molar-refractivity contribution >= 4 is 23.0 Å². The van der Waals surface area contributed by atoms with Crippen molar-refractivity contribution in [2.75, 3.05) is 36.1 Å². The molecule has 1 aliphatic rings. The van der Waals surface area contributed by atoms with Gasteiger partial charge in [-0.3, -0.25) is 4.79 Å². The van der Waals surface area contributed by atoms with Crippen LogP contribution in [-0.2, 0) is 0 Å². The topological polar surface area (TPSA) is 93.4 Å². The summed E-state index contributed by atoms with van der Waals surface area (Å²) < 4.78 is 33.9. The number of ether oxygens (including phenoxy) is 1. The summed E-state index contributed by atoms with van der Waals surface area (Å²) in [6, 6.07) is 8.36. The number of aromatic nitrogens is 2. The van der Waals surface area contributed by atoms with Crippen molar-refractivity contribution in [3.8, 4) is 17.1 Å². The summed E-state index contributed by atoms with van der Waals surface area (Å²) in [5.74, 6) is -1.46. The minimum Gasteiger partial charge on any atom is -0.496 e. The zero-order valence-electron chi connectivity index (χ0n) is 16.2. The molecule has 154 valence electrons. The molecule has 9 heteroatoms. The number of amides is 1. The van der Waals surface area contributed by atoms with Crippen LogP contribution in [0, 0.1) is 11.6 Å². The third kappa shape index (κ3) is 3.61. The van der Waals surface area contributed by atoms with Crippen molar-refractivity contribution in [3.05, 3.63) is 59.9 Å². The molecule has 0 bridgehead atoms. The molecule has 1 aliphatic heterocycles. The van der Waals surface area contributed by atoms with Gasteiger partial charge in [0.1, 0.15) is 23.1 Å². The molecule has 4 rings (SSSR count). The zero-order chi connectivity index (χ0) is 21.3. The van der Waals surface area contributed by atoms with Gasteiger partial charge in [0, 0.05) is 25.4 Å². The first-order valence-corrected chi connectivity index (χ1v) is 9.29. The summed E-state index contributed by atoms with van der Waals surface area (Å²) in [6.07, 6.45) is 2.33. The van der Waals surface area contributed by atoms with Gasteiger partial charge in [-0.25, -0.2) is 18.7 Å². The van der Waals surface area contributed by atoms with Gasteiger partial charge in [0.05, 0.1) is 29.7 Å². The molecule has 30 heavy (non-hydrogen) atoms. The number of methoxy groups -OCH3 is 1. The van der Waals surface area contributed by atoms with Crippen molar-refractivity contribution in [2.45, 2.75) is 6.42 Å². The first kappa shape index (κ1) is 19.6. The summed E-state index contributed by atoms with van der Waals surface area (Å²) in [7, 11) is 1.40. The minimum atomic E-state index is -0.628. The maximum absolute atomic E-state index is 14.4. The number of anilines is 3. The molecule has 0 spiro atoms. The lowest BCUT2D eigenvalue weighted by Gasteiger charge is -2.33. The number of nitrogen functional groups attached to an aromatic ring is 1. The van der Waals surface area contributed by atoms with Crippen molar-refractivity contribution in [2.24, 2.45) is 0 Å². The Morgan fingerprint density at radius 3 is 2.70 bits per heavy atom. The van der Waals surface area contributed by atoms with E-state index < -0.39 is 17.5 Å². The molecule has 1 amide bonds. The lowest BCUT2D eigenvalue weighted by atomic mass is 10.1. The Kier molecular flexibility index (Phi) is 5.18. The Balaban J connectivity index is 1.61. The molecule has 3 aromatic rings. The van der Waals surface area contributed by atoms with Gasteiger partial charge in [0.2, 0.25) is 0 Å². The van der Waals surface area contributed by atoms with E-state index in [9.17, 15) is 13.6 Å². The zero-order valence-corrected chi connectivity index (χ0v) is 16.2. The van der Waals surface area contributed by atoms with Crippen LogP contribution in [0.3, 0.4) is 0 Å². The fraction of sp³-hybridized carbons (Fsp3) is 0.190. The highest BCUT2D eigenvalue weighted by Crippen LogP contribution is 2.32. The molecule has 7 nitrogen and oxygen atoms in total. The molecule has 0 unspecified atom stereocenters. The van der Waals surface area contributed by atoms with E-state index in [0.29, 0.717) is 5.69 Å². The molecule has 2 heterocycles. The first-order valence-electron chi connectivity index (χ1n) is 9.29. The number of carbonyl (C=O) groups excluding carboxylic acids is 1. The van der Waals surface area contributed by atoms with Crippen LogP contribution in [-0.4, -0.2) is 36.1 Å². The van der Waals surface area contributed by atoms with Crippen LogP contribution in [0.5, 0.6) is 5.75 Å². The molecular weight excluding hydrogens is 392 g/mol. The van der Waals surface area contributed by atoms with E-state index in [1.54, 1.807) is 6.07 Å². The predicted molar refractivity (Wildman–Crippen MR) is 110 cm³/mol. The number of carbonyl (C=O) groups is 1. The summed E-state index contributed by atoms with van der Waals surface area (Å²) in [6.45, 7) is 1.54. The molecule has 0 radical (unpaired) electrons. The van der Waals surface area contributed by atoms with Gasteiger partial charge in [-0.05, 0) is 30.7 Å². The van der Waals surface area contributed by atoms with Crippen molar-refractivity contribution in [1.82, 2.24) is 9.97 Å². The SMILES string of the molecule is COc1cccc(F)c1-c1nccc(C(=O)Nc2cc(F)c(N3CCC3)cc2N)n1. The number of rotatable bonds is 5. The highest BCUT2D eigenvalue weighted by atomic mass is 19.1. The fourth-order valence-electron chi connectivity index (χ4n) is 3.17. The normalized spacial score (nSPS) is 13.0. The number of halogens is 2. The van der Waals surface area contributed by atoms with Crippen LogP contribution in [0.1, 0.15) is 16.9 Å². The van der Waals surface area contributed by atoms with Gasteiger partial charge in [0.25, 0.3) is 5.91 Å².